The van der Waals surface area contributed by atoms with Crippen molar-refractivity contribution in [2.45, 2.75) is 6.10 Å². The normalized spacial score (nSPS) is 19.4. The van der Waals surface area contributed by atoms with Crippen LogP contribution in [0.3, 0.4) is 0 Å². The molecule has 2 aromatic carbocycles. The number of nitrogens with zero attached hydrogens (tertiary/aromatic N) is 3. The van der Waals surface area contributed by atoms with E-state index in [9.17, 15) is 9.18 Å². The van der Waals surface area contributed by atoms with Crippen LogP contribution in [0.25, 0.3) is 0 Å². The molecule has 6 nitrogen and oxygen atoms in total. The fraction of sp³-hybridized carbons (Fsp3) is 0.350. The number of para-hydroxylation sites is 1. The fourth-order valence-corrected chi connectivity index (χ4v) is 3.62. The Hall–Kier alpha value is -2.51. The van der Waals surface area contributed by atoms with Gasteiger partial charge in [-0.3, -0.25) is 4.90 Å². The minimum atomic E-state index is -0.478. The summed E-state index contributed by atoms with van der Waals surface area (Å²) in [7, 11) is 0. The molecule has 28 heavy (non-hydrogen) atoms. The molecule has 0 aliphatic carbocycles. The quantitative estimate of drug-likeness (QED) is 0.846. The molecule has 150 valence electrons. The number of amides is 1. The molecular formula is C20H24ClFN4O2. The summed E-state index contributed by atoms with van der Waals surface area (Å²) in [5, 5.41) is 0. The average molecular weight is 407 g/mol. The minimum absolute atomic E-state index is 0. The predicted octanol–water partition coefficient (Wildman–Crippen LogP) is 2.86. The first-order valence-corrected chi connectivity index (χ1v) is 9.18. The second-order valence-corrected chi connectivity index (χ2v) is 6.80. The zero-order chi connectivity index (χ0) is 18.8. The lowest BCUT2D eigenvalue weighted by atomic mass is 10.2. The van der Waals surface area contributed by atoms with Crippen molar-refractivity contribution in [1.29, 1.82) is 0 Å². The van der Waals surface area contributed by atoms with E-state index in [2.05, 4.69) is 17.0 Å². The van der Waals surface area contributed by atoms with Gasteiger partial charge in [-0.1, -0.05) is 18.2 Å². The number of nitrogens with two attached hydrogens (primary N) is 1. The first-order chi connectivity index (χ1) is 13.2. The third kappa shape index (κ3) is 4.00. The SMILES string of the molecule is Cl.NCC1CN(c2ccc(N3CCN(c4ccccc4)CC3)c(F)c2)C(=O)O1. The van der Waals surface area contributed by atoms with Gasteiger partial charge in [-0.2, -0.15) is 0 Å². The first-order valence-electron chi connectivity index (χ1n) is 9.18. The van der Waals surface area contributed by atoms with Crippen molar-refractivity contribution in [3.05, 3.63) is 54.3 Å². The highest BCUT2D eigenvalue weighted by atomic mass is 35.5. The number of benzene rings is 2. The molecule has 0 saturated carbocycles. The van der Waals surface area contributed by atoms with Crippen LogP contribution in [-0.4, -0.2) is 51.5 Å². The molecule has 4 rings (SSSR count). The van der Waals surface area contributed by atoms with Crippen LogP contribution in [-0.2, 0) is 4.74 Å². The van der Waals surface area contributed by atoms with E-state index in [0.717, 1.165) is 26.2 Å². The van der Waals surface area contributed by atoms with Crippen LogP contribution in [0.2, 0.25) is 0 Å². The molecule has 0 aromatic heterocycles. The molecule has 1 unspecified atom stereocenters. The highest BCUT2D eigenvalue weighted by molar-refractivity contribution is 5.90. The van der Waals surface area contributed by atoms with Gasteiger partial charge in [-0.25, -0.2) is 9.18 Å². The summed E-state index contributed by atoms with van der Waals surface area (Å²) in [5.74, 6) is -0.329. The lowest BCUT2D eigenvalue weighted by molar-refractivity contribution is 0.145. The number of piperazine rings is 1. The number of cyclic esters (lactones) is 1. The average Bonchev–Trinajstić information content (AvgIpc) is 3.10. The van der Waals surface area contributed by atoms with Crippen molar-refractivity contribution in [2.75, 3.05) is 54.0 Å². The van der Waals surface area contributed by atoms with E-state index >= 15 is 0 Å². The van der Waals surface area contributed by atoms with E-state index in [0.29, 0.717) is 17.9 Å². The third-order valence-corrected chi connectivity index (χ3v) is 5.12. The Bertz CT molecular complexity index is 815. The molecular weight excluding hydrogens is 383 g/mol. The summed E-state index contributed by atoms with van der Waals surface area (Å²) in [6.07, 6.45) is -0.819. The van der Waals surface area contributed by atoms with Crippen molar-refractivity contribution >= 4 is 35.6 Å². The summed E-state index contributed by atoms with van der Waals surface area (Å²) < 4.78 is 19.9. The third-order valence-electron chi connectivity index (χ3n) is 5.12. The molecule has 2 N–H and O–H groups in total. The van der Waals surface area contributed by atoms with Crippen LogP contribution >= 0.6 is 12.4 Å². The van der Waals surface area contributed by atoms with E-state index in [4.69, 9.17) is 10.5 Å². The Balaban J connectivity index is 0.00000225. The van der Waals surface area contributed by atoms with E-state index < -0.39 is 6.09 Å². The number of carbonyl (C=O) groups excluding carboxylic acids is 1. The maximum atomic E-state index is 14.8. The molecule has 2 heterocycles. The predicted molar refractivity (Wildman–Crippen MR) is 111 cm³/mol. The maximum absolute atomic E-state index is 14.8. The summed E-state index contributed by atoms with van der Waals surface area (Å²) in [5.41, 5.74) is 7.81. The van der Waals surface area contributed by atoms with Gasteiger partial charge in [0.25, 0.3) is 0 Å². The first kappa shape index (κ1) is 20.2. The van der Waals surface area contributed by atoms with Crippen molar-refractivity contribution < 1.29 is 13.9 Å². The standard InChI is InChI=1S/C20H23FN4O2.ClH/c21-18-12-16(25-14-17(13-22)27-20(25)26)6-7-19(18)24-10-8-23(9-11-24)15-4-2-1-3-5-15;/h1-7,12,17H,8-11,13-14,22H2;1H. The summed E-state index contributed by atoms with van der Waals surface area (Å²) in [6, 6.07) is 15.1. The van der Waals surface area contributed by atoms with Crippen LogP contribution in [0, 0.1) is 5.82 Å². The van der Waals surface area contributed by atoms with Gasteiger partial charge in [0.1, 0.15) is 11.9 Å². The number of hydrogen-bond acceptors (Lipinski definition) is 5. The lowest BCUT2D eigenvalue weighted by Crippen LogP contribution is -2.46. The van der Waals surface area contributed by atoms with Gasteiger partial charge in [0.05, 0.1) is 17.9 Å². The second-order valence-electron chi connectivity index (χ2n) is 6.80. The van der Waals surface area contributed by atoms with Crippen LogP contribution in [0.5, 0.6) is 0 Å². The van der Waals surface area contributed by atoms with Crippen molar-refractivity contribution in [3.8, 4) is 0 Å². The van der Waals surface area contributed by atoms with Gasteiger partial charge < -0.3 is 20.3 Å². The van der Waals surface area contributed by atoms with E-state index in [-0.39, 0.29) is 30.9 Å². The van der Waals surface area contributed by atoms with Crippen molar-refractivity contribution in [1.82, 2.24) is 0 Å². The molecule has 0 bridgehead atoms. The Kier molecular flexibility index (Phi) is 6.26. The highest BCUT2D eigenvalue weighted by Crippen LogP contribution is 2.29. The summed E-state index contributed by atoms with van der Waals surface area (Å²) in [6.45, 7) is 3.76. The van der Waals surface area contributed by atoms with Gasteiger partial charge in [0, 0.05) is 38.4 Å². The molecule has 1 amide bonds. The molecule has 2 fully saturated rings. The summed E-state index contributed by atoms with van der Waals surface area (Å²) >= 11 is 0. The molecule has 0 radical (unpaired) electrons. The maximum Gasteiger partial charge on any atom is 0.414 e. The number of rotatable bonds is 4. The zero-order valence-electron chi connectivity index (χ0n) is 15.5. The fourth-order valence-electron chi connectivity index (χ4n) is 3.62. The molecule has 8 heteroatoms. The smallest absolute Gasteiger partial charge is 0.414 e. The molecule has 1 atom stereocenters. The van der Waals surface area contributed by atoms with E-state index in [1.54, 1.807) is 12.1 Å². The van der Waals surface area contributed by atoms with Gasteiger partial charge in [-0.05, 0) is 30.3 Å². The Morgan fingerprint density at radius 2 is 1.68 bits per heavy atom. The van der Waals surface area contributed by atoms with Gasteiger partial charge in [0.15, 0.2) is 0 Å². The van der Waals surface area contributed by atoms with Gasteiger partial charge in [0.2, 0.25) is 0 Å². The number of hydrogen-bond donors (Lipinski definition) is 1. The molecule has 0 spiro atoms. The Morgan fingerprint density at radius 3 is 2.29 bits per heavy atom. The highest BCUT2D eigenvalue weighted by Gasteiger charge is 2.32. The van der Waals surface area contributed by atoms with Gasteiger partial charge >= 0.3 is 6.09 Å². The lowest BCUT2D eigenvalue weighted by Gasteiger charge is -2.37. The van der Waals surface area contributed by atoms with Gasteiger partial charge in [-0.15, -0.1) is 12.4 Å². The largest absolute Gasteiger partial charge is 0.443 e. The number of carbonyl (C=O) groups is 1. The molecule has 2 aliphatic rings. The Morgan fingerprint density at radius 1 is 1.00 bits per heavy atom. The van der Waals surface area contributed by atoms with Crippen LogP contribution in [0.1, 0.15) is 0 Å². The number of anilines is 3. The molecule has 2 aliphatic heterocycles. The Labute approximate surface area is 170 Å². The topological polar surface area (TPSA) is 62.0 Å². The van der Waals surface area contributed by atoms with Crippen molar-refractivity contribution in [2.24, 2.45) is 5.73 Å². The van der Waals surface area contributed by atoms with E-state index in [1.807, 2.05) is 23.1 Å². The molecule has 2 aromatic rings. The van der Waals surface area contributed by atoms with Crippen LogP contribution in [0.4, 0.5) is 26.2 Å². The minimum Gasteiger partial charge on any atom is -0.443 e. The van der Waals surface area contributed by atoms with Crippen molar-refractivity contribution in [3.63, 3.8) is 0 Å². The number of ether oxygens (including phenoxy) is 1. The molecule has 2 saturated heterocycles. The zero-order valence-corrected chi connectivity index (χ0v) is 16.3. The number of halogens is 2. The second kappa shape index (κ2) is 8.67. The van der Waals surface area contributed by atoms with E-state index in [1.165, 1.54) is 16.7 Å². The van der Waals surface area contributed by atoms with Crippen LogP contribution in [0.15, 0.2) is 48.5 Å². The van der Waals surface area contributed by atoms with Crippen LogP contribution < -0.4 is 20.4 Å². The summed E-state index contributed by atoms with van der Waals surface area (Å²) in [4.78, 5) is 17.7. The monoisotopic (exact) mass is 406 g/mol.